The second-order valence-electron chi connectivity index (χ2n) is 6.48. The van der Waals surface area contributed by atoms with Crippen molar-refractivity contribution >= 4 is 40.0 Å². The molecular formula is C21H22ClN3O5. The van der Waals surface area contributed by atoms with Crippen molar-refractivity contribution in [2.75, 3.05) is 26.6 Å². The van der Waals surface area contributed by atoms with E-state index in [1.165, 1.54) is 14.2 Å². The van der Waals surface area contributed by atoms with Gasteiger partial charge in [-0.25, -0.2) is 0 Å². The van der Waals surface area contributed by atoms with Crippen LogP contribution in [0.1, 0.15) is 17.4 Å². The molecule has 1 heterocycles. The summed E-state index contributed by atoms with van der Waals surface area (Å²) >= 11 is 6.07. The lowest BCUT2D eigenvalue weighted by Crippen LogP contribution is -2.41. The Balaban J connectivity index is 1.72. The van der Waals surface area contributed by atoms with Crippen molar-refractivity contribution in [2.24, 2.45) is 0 Å². The van der Waals surface area contributed by atoms with E-state index >= 15 is 0 Å². The number of fused-ring (bicyclic) bond motifs is 1. The molecule has 3 rings (SSSR count). The van der Waals surface area contributed by atoms with Gasteiger partial charge in [0.15, 0.2) is 11.5 Å². The average Bonchev–Trinajstić information content (AvgIpc) is 3.17. The lowest BCUT2D eigenvalue weighted by molar-refractivity contribution is -0.117. The van der Waals surface area contributed by atoms with E-state index in [9.17, 15) is 9.59 Å². The smallest absolute Gasteiger partial charge is 0.268 e. The molecule has 3 aromatic rings. The van der Waals surface area contributed by atoms with Crippen molar-refractivity contribution in [1.82, 2.24) is 10.3 Å². The first kappa shape index (κ1) is 21.3. The minimum absolute atomic E-state index is 0.295. The molecule has 9 heteroatoms. The van der Waals surface area contributed by atoms with Crippen LogP contribution in [-0.2, 0) is 4.79 Å². The van der Waals surface area contributed by atoms with Crippen LogP contribution in [0.4, 0.5) is 5.69 Å². The van der Waals surface area contributed by atoms with Gasteiger partial charge in [0.05, 0.1) is 31.9 Å². The van der Waals surface area contributed by atoms with E-state index in [0.717, 1.165) is 0 Å². The molecule has 0 unspecified atom stereocenters. The van der Waals surface area contributed by atoms with Gasteiger partial charge in [0.1, 0.15) is 17.5 Å². The summed E-state index contributed by atoms with van der Waals surface area (Å²) in [5.41, 5.74) is 1.50. The summed E-state index contributed by atoms with van der Waals surface area (Å²) in [7, 11) is 4.58. The predicted octanol–water partition coefficient (Wildman–Crippen LogP) is 3.60. The van der Waals surface area contributed by atoms with Gasteiger partial charge in [-0.05, 0) is 43.3 Å². The molecule has 0 aliphatic heterocycles. The summed E-state index contributed by atoms with van der Waals surface area (Å²) in [4.78, 5) is 28.1. The molecule has 0 radical (unpaired) electrons. The van der Waals surface area contributed by atoms with Crippen LogP contribution in [0.25, 0.3) is 10.9 Å². The van der Waals surface area contributed by atoms with E-state index in [0.29, 0.717) is 44.6 Å². The maximum atomic E-state index is 12.6. The maximum absolute atomic E-state index is 12.6. The predicted molar refractivity (Wildman–Crippen MR) is 115 cm³/mol. The number of nitrogens with one attached hydrogen (secondary N) is 3. The number of carbonyl (C=O) groups excluding carboxylic acids is 2. The van der Waals surface area contributed by atoms with Crippen LogP contribution in [0.5, 0.6) is 17.2 Å². The molecule has 0 fully saturated rings. The Morgan fingerprint density at radius 1 is 1.00 bits per heavy atom. The number of hydrogen-bond donors (Lipinski definition) is 3. The molecule has 0 spiro atoms. The first-order chi connectivity index (χ1) is 14.4. The number of halogens is 1. The first-order valence-corrected chi connectivity index (χ1v) is 9.44. The van der Waals surface area contributed by atoms with Crippen LogP contribution < -0.4 is 24.8 Å². The highest BCUT2D eigenvalue weighted by Gasteiger charge is 2.20. The van der Waals surface area contributed by atoms with Crippen molar-refractivity contribution in [3.8, 4) is 17.2 Å². The molecule has 0 saturated heterocycles. The number of anilines is 1. The highest BCUT2D eigenvalue weighted by atomic mass is 35.5. The van der Waals surface area contributed by atoms with Crippen molar-refractivity contribution in [3.05, 3.63) is 47.1 Å². The molecule has 2 aromatic carbocycles. The monoisotopic (exact) mass is 431 g/mol. The number of hydrogen-bond acceptors (Lipinski definition) is 5. The number of amides is 2. The van der Waals surface area contributed by atoms with Crippen molar-refractivity contribution < 1.29 is 23.8 Å². The molecule has 2 amide bonds. The Bertz CT molecular complexity index is 1100. The third kappa shape index (κ3) is 4.28. The third-order valence-corrected chi connectivity index (χ3v) is 4.84. The summed E-state index contributed by atoms with van der Waals surface area (Å²) in [6.07, 6.45) is 0. The van der Waals surface area contributed by atoms with Crippen LogP contribution >= 0.6 is 11.6 Å². The molecule has 3 N–H and O–H groups in total. The standard InChI is InChI=1S/C21H22ClN3O5/c1-11(20(26)24-12-5-7-17(28-2)14(22)9-12)23-21(27)16-10-13-15(25-16)6-8-18(29-3)19(13)30-4/h5-11,25H,1-4H3,(H,23,27)(H,24,26)/t11-/m1/s1. The fraction of sp³-hybridized carbons (Fsp3) is 0.238. The third-order valence-electron chi connectivity index (χ3n) is 4.55. The Labute approximate surface area is 178 Å². The molecule has 0 aliphatic rings. The van der Waals surface area contributed by atoms with Gasteiger partial charge in [0.2, 0.25) is 5.91 Å². The minimum atomic E-state index is -0.791. The van der Waals surface area contributed by atoms with E-state index in [2.05, 4.69) is 15.6 Å². The van der Waals surface area contributed by atoms with Gasteiger partial charge < -0.3 is 29.8 Å². The highest BCUT2D eigenvalue weighted by molar-refractivity contribution is 6.32. The fourth-order valence-electron chi connectivity index (χ4n) is 2.99. The van der Waals surface area contributed by atoms with Crippen molar-refractivity contribution in [1.29, 1.82) is 0 Å². The van der Waals surface area contributed by atoms with E-state index in [1.807, 2.05) is 0 Å². The Morgan fingerprint density at radius 2 is 1.70 bits per heavy atom. The zero-order valence-electron chi connectivity index (χ0n) is 17.0. The Kier molecular flexibility index (Phi) is 6.37. The van der Waals surface area contributed by atoms with E-state index in [1.54, 1.807) is 50.4 Å². The molecule has 0 saturated carbocycles. The summed E-state index contributed by atoms with van der Waals surface area (Å²) in [6.45, 7) is 1.59. The number of rotatable bonds is 7. The summed E-state index contributed by atoms with van der Waals surface area (Å²) in [5, 5.41) is 6.45. The van der Waals surface area contributed by atoms with Crippen molar-refractivity contribution in [2.45, 2.75) is 13.0 Å². The van der Waals surface area contributed by atoms with E-state index < -0.39 is 11.9 Å². The normalized spacial score (nSPS) is 11.6. The number of carbonyl (C=O) groups is 2. The van der Waals surface area contributed by atoms with Gasteiger partial charge in [-0.1, -0.05) is 11.6 Å². The van der Waals surface area contributed by atoms with Crippen LogP contribution in [0.15, 0.2) is 36.4 Å². The van der Waals surface area contributed by atoms with Crippen LogP contribution in [0.3, 0.4) is 0 Å². The lowest BCUT2D eigenvalue weighted by atomic mass is 10.2. The van der Waals surface area contributed by atoms with Gasteiger partial charge in [-0.15, -0.1) is 0 Å². The number of benzene rings is 2. The number of aromatic nitrogens is 1. The molecular weight excluding hydrogens is 410 g/mol. The van der Waals surface area contributed by atoms with Gasteiger partial charge in [0.25, 0.3) is 5.91 Å². The van der Waals surface area contributed by atoms with Crippen LogP contribution in [0, 0.1) is 0 Å². The van der Waals surface area contributed by atoms with E-state index in [-0.39, 0.29) is 5.91 Å². The molecule has 1 aromatic heterocycles. The molecule has 0 bridgehead atoms. The molecule has 158 valence electrons. The summed E-state index contributed by atoms with van der Waals surface area (Å²) in [6, 6.07) is 9.28. The SMILES string of the molecule is COc1ccc(NC(=O)[C@@H](C)NC(=O)c2cc3c(OC)c(OC)ccc3[nH]2)cc1Cl. The quantitative estimate of drug-likeness (QED) is 0.530. The zero-order valence-corrected chi connectivity index (χ0v) is 17.7. The van der Waals surface area contributed by atoms with Crippen molar-refractivity contribution in [3.63, 3.8) is 0 Å². The molecule has 30 heavy (non-hydrogen) atoms. The lowest BCUT2D eigenvalue weighted by Gasteiger charge is -2.14. The summed E-state index contributed by atoms with van der Waals surface area (Å²) < 4.78 is 15.8. The van der Waals surface area contributed by atoms with E-state index in [4.69, 9.17) is 25.8 Å². The largest absolute Gasteiger partial charge is 0.495 e. The van der Waals surface area contributed by atoms with Gasteiger partial charge in [-0.2, -0.15) is 0 Å². The number of H-pyrrole nitrogens is 1. The zero-order chi connectivity index (χ0) is 21.8. The molecule has 1 atom stereocenters. The number of methoxy groups -OCH3 is 3. The summed E-state index contributed by atoms with van der Waals surface area (Å²) in [5.74, 6) is 0.763. The van der Waals surface area contributed by atoms with Crippen LogP contribution in [-0.4, -0.2) is 44.2 Å². The maximum Gasteiger partial charge on any atom is 0.268 e. The second-order valence-corrected chi connectivity index (χ2v) is 6.89. The fourth-order valence-corrected chi connectivity index (χ4v) is 3.24. The highest BCUT2D eigenvalue weighted by Crippen LogP contribution is 2.35. The van der Waals surface area contributed by atoms with Gasteiger partial charge in [-0.3, -0.25) is 9.59 Å². The number of ether oxygens (including phenoxy) is 3. The Hall–Kier alpha value is -3.39. The Morgan fingerprint density at radius 3 is 2.33 bits per heavy atom. The van der Waals surface area contributed by atoms with Gasteiger partial charge >= 0.3 is 0 Å². The topological polar surface area (TPSA) is 102 Å². The van der Waals surface area contributed by atoms with Crippen LogP contribution in [0.2, 0.25) is 5.02 Å². The first-order valence-electron chi connectivity index (χ1n) is 9.07. The minimum Gasteiger partial charge on any atom is -0.495 e. The van der Waals surface area contributed by atoms with Gasteiger partial charge in [0, 0.05) is 11.1 Å². The second kappa shape index (κ2) is 8.96. The molecule has 0 aliphatic carbocycles. The number of aromatic amines is 1. The molecule has 8 nitrogen and oxygen atoms in total. The average molecular weight is 432 g/mol.